The molecule has 0 radical (unpaired) electrons. The molecule has 0 spiro atoms. The standard InChI is InChI=1S/C34H49NO/c1-3-4-8-26(2)11-12-27-13-17-30(18-14-27)34(36)25-29-16-20-31-23-28(15-19-32(31)24-29)21-22-35-33-9-6-5-7-10-33/h13-15,17-19,23,26,29,33,35H,3-12,16,20-22,24-25H2,1-2H3/t26-,29-/m0/s1. The summed E-state index contributed by atoms with van der Waals surface area (Å²) in [6.45, 7) is 5.73. The summed E-state index contributed by atoms with van der Waals surface area (Å²) < 4.78 is 0. The Kier molecular flexibility index (Phi) is 10.6. The van der Waals surface area contributed by atoms with Crippen LogP contribution in [-0.2, 0) is 25.7 Å². The molecule has 2 aliphatic carbocycles. The molecule has 2 aliphatic rings. The third kappa shape index (κ3) is 8.30. The van der Waals surface area contributed by atoms with Gasteiger partial charge in [-0.25, -0.2) is 0 Å². The highest BCUT2D eigenvalue weighted by Crippen LogP contribution is 2.30. The number of aryl methyl sites for hydroxylation is 2. The predicted octanol–water partition coefficient (Wildman–Crippen LogP) is 8.29. The van der Waals surface area contributed by atoms with Crippen LogP contribution in [0.5, 0.6) is 0 Å². The van der Waals surface area contributed by atoms with Crippen LogP contribution in [0.25, 0.3) is 0 Å². The zero-order chi connectivity index (χ0) is 25.2. The van der Waals surface area contributed by atoms with Gasteiger partial charge in [0.1, 0.15) is 0 Å². The lowest BCUT2D eigenvalue weighted by molar-refractivity contribution is 0.0957. The zero-order valence-corrected chi connectivity index (χ0v) is 23.0. The molecule has 36 heavy (non-hydrogen) atoms. The molecule has 2 nitrogen and oxygen atoms in total. The first-order valence-electron chi connectivity index (χ1n) is 15.1. The number of Topliss-reactive ketones (excluding diaryl/α,β-unsaturated/α-hetero) is 1. The van der Waals surface area contributed by atoms with E-state index in [-0.39, 0.29) is 0 Å². The molecule has 0 aromatic heterocycles. The topological polar surface area (TPSA) is 29.1 Å². The number of rotatable bonds is 13. The van der Waals surface area contributed by atoms with E-state index >= 15 is 0 Å². The van der Waals surface area contributed by atoms with E-state index in [9.17, 15) is 4.79 Å². The molecule has 2 heteroatoms. The van der Waals surface area contributed by atoms with Crippen molar-refractivity contribution in [2.24, 2.45) is 11.8 Å². The van der Waals surface area contributed by atoms with Gasteiger partial charge in [-0.15, -0.1) is 0 Å². The molecule has 1 N–H and O–H groups in total. The fraction of sp³-hybridized carbons (Fsp3) is 0.618. The van der Waals surface area contributed by atoms with Gasteiger partial charge in [-0.2, -0.15) is 0 Å². The van der Waals surface area contributed by atoms with E-state index in [1.54, 1.807) is 0 Å². The molecule has 4 rings (SSSR count). The zero-order valence-electron chi connectivity index (χ0n) is 23.0. The van der Waals surface area contributed by atoms with Crippen LogP contribution in [0.2, 0.25) is 0 Å². The fourth-order valence-corrected chi connectivity index (χ4v) is 6.29. The van der Waals surface area contributed by atoms with Gasteiger partial charge in [-0.3, -0.25) is 4.79 Å². The van der Waals surface area contributed by atoms with Crippen LogP contribution in [0.3, 0.4) is 0 Å². The summed E-state index contributed by atoms with van der Waals surface area (Å²) in [5.41, 5.74) is 6.71. The summed E-state index contributed by atoms with van der Waals surface area (Å²) in [5.74, 6) is 1.58. The lowest BCUT2D eigenvalue weighted by Crippen LogP contribution is -2.32. The highest BCUT2D eigenvalue weighted by atomic mass is 16.1. The number of hydrogen-bond donors (Lipinski definition) is 1. The number of benzene rings is 2. The number of unbranched alkanes of at least 4 members (excludes halogenated alkanes) is 1. The number of carbonyl (C=O) groups is 1. The predicted molar refractivity (Wildman–Crippen MR) is 153 cm³/mol. The van der Waals surface area contributed by atoms with Crippen molar-refractivity contribution in [3.63, 3.8) is 0 Å². The molecule has 2 aromatic carbocycles. The molecule has 0 saturated heterocycles. The minimum absolute atomic E-state index is 0.316. The van der Waals surface area contributed by atoms with Crippen LogP contribution in [0.1, 0.15) is 117 Å². The molecular formula is C34H49NO. The van der Waals surface area contributed by atoms with E-state index in [1.165, 1.54) is 80.0 Å². The second-order valence-corrected chi connectivity index (χ2v) is 11.9. The van der Waals surface area contributed by atoms with Crippen LogP contribution in [0.4, 0.5) is 0 Å². The maximum absolute atomic E-state index is 13.0. The van der Waals surface area contributed by atoms with Crippen LogP contribution in [0.15, 0.2) is 42.5 Å². The van der Waals surface area contributed by atoms with Crippen molar-refractivity contribution in [2.75, 3.05) is 6.54 Å². The maximum atomic E-state index is 13.0. The van der Waals surface area contributed by atoms with Gasteiger partial charge in [0, 0.05) is 18.0 Å². The molecule has 1 fully saturated rings. The number of carbonyl (C=O) groups excluding carboxylic acids is 1. The van der Waals surface area contributed by atoms with Gasteiger partial charge in [0.15, 0.2) is 5.78 Å². The summed E-state index contributed by atoms with van der Waals surface area (Å²) in [7, 11) is 0. The Bertz CT molecular complexity index is 940. The van der Waals surface area contributed by atoms with Gasteiger partial charge in [-0.05, 0) is 92.0 Å². The Morgan fingerprint density at radius 2 is 1.69 bits per heavy atom. The quantitative estimate of drug-likeness (QED) is 0.288. The van der Waals surface area contributed by atoms with Crippen LogP contribution in [-0.4, -0.2) is 18.4 Å². The summed E-state index contributed by atoms with van der Waals surface area (Å²) in [5, 5.41) is 3.78. The molecule has 1 saturated carbocycles. The van der Waals surface area contributed by atoms with Gasteiger partial charge >= 0.3 is 0 Å². The molecule has 2 aromatic rings. The average Bonchev–Trinajstić information content (AvgIpc) is 2.91. The van der Waals surface area contributed by atoms with Gasteiger partial charge in [0.25, 0.3) is 0 Å². The number of nitrogens with one attached hydrogen (secondary N) is 1. The summed E-state index contributed by atoms with van der Waals surface area (Å²) in [6, 6.07) is 16.4. The lowest BCUT2D eigenvalue weighted by Gasteiger charge is -2.25. The molecule has 0 bridgehead atoms. The molecule has 2 atom stereocenters. The monoisotopic (exact) mass is 487 g/mol. The van der Waals surface area contributed by atoms with Crippen molar-refractivity contribution in [1.29, 1.82) is 0 Å². The third-order valence-electron chi connectivity index (χ3n) is 8.78. The van der Waals surface area contributed by atoms with Crippen LogP contribution in [0, 0.1) is 11.8 Å². The SMILES string of the molecule is CCCC[C@H](C)CCc1ccc(C(=O)C[C@H]2CCc3cc(CCNC4CCCCC4)ccc3C2)cc1. The second-order valence-electron chi connectivity index (χ2n) is 11.9. The minimum Gasteiger partial charge on any atom is -0.314 e. The molecule has 0 heterocycles. The Labute approximate surface area is 220 Å². The van der Waals surface area contributed by atoms with E-state index in [0.717, 1.165) is 56.2 Å². The Balaban J connectivity index is 1.21. The second kappa shape index (κ2) is 14.1. The van der Waals surface area contributed by atoms with E-state index in [0.29, 0.717) is 18.1 Å². The van der Waals surface area contributed by atoms with E-state index in [1.807, 2.05) is 0 Å². The first-order chi connectivity index (χ1) is 17.6. The normalized spacial score (nSPS) is 19.1. The third-order valence-corrected chi connectivity index (χ3v) is 8.78. The smallest absolute Gasteiger partial charge is 0.163 e. The molecule has 0 unspecified atom stereocenters. The first-order valence-corrected chi connectivity index (χ1v) is 15.1. The number of fused-ring (bicyclic) bond motifs is 1. The van der Waals surface area contributed by atoms with Crippen LogP contribution < -0.4 is 5.32 Å². The summed E-state index contributed by atoms with van der Waals surface area (Å²) in [6.07, 6.45) is 18.3. The maximum Gasteiger partial charge on any atom is 0.163 e. The van der Waals surface area contributed by atoms with Crippen molar-refractivity contribution < 1.29 is 4.79 Å². The van der Waals surface area contributed by atoms with Crippen molar-refractivity contribution in [1.82, 2.24) is 5.32 Å². The van der Waals surface area contributed by atoms with Crippen molar-refractivity contribution in [3.05, 3.63) is 70.3 Å². The van der Waals surface area contributed by atoms with E-state index in [4.69, 9.17) is 0 Å². The largest absolute Gasteiger partial charge is 0.314 e. The first kappa shape index (κ1) is 27.1. The van der Waals surface area contributed by atoms with Crippen LogP contribution >= 0.6 is 0 Å². The molecule has 0 amide bonds. The minimum atomic E-state index is 0.316. The molecule has 196 valence electrons. The summed E-state index contributed by atoms with van der Waals surface area (Å²) >= 11 is 0. The Hall–Kier alpha value is -1.93. The van der Waals surface area contributed by atoms with Gasteiger partial charge in [-0.1, -0.05) is 94.8 Å². The Morgan fingerprint density at radius 1 is 0.917 bits per heavy atom. The number of hydrogen-bond acceptors (Lipinski definition) is 2. The molecular weight excluding hydrogens is 438 g/mol. The van der Waals surface area contributed by atoms with Crippen molar-refractivity contribution in [2.45, 2.75) is 116 Å². The summed E-state index contributed by atoms with van der Waals surface area (Å²) in [4.78, 5) is 13.0. The van der Waals surface area contributed by atoms with Crippen molar-refractivity contribution in [3.8, 4) is 0 Å². The van der Waals surface area contributed by atoms with Crippen molar-refractivity contribution >= 4 is 5.78 Å². The van der Waals surface area contributed by atoms with Gasteiger partial charge < -0.3 is 5.32 Å². The highest BCUT2D eigenvalue weighted by molar-refractivity contribution is 5.96. The molecule has 0 aliphatic heterocycles. The van der Waals surface area contributed by atoms with Gasteiger partial charge in [0.2, 0.25) is 0 Å². The highest BCUT2D eigenvalue weighted by Gasteiger charge is 2.22. The van der Waals surface area contributed by atoms with Gasteiger partial charge in [0.05, 0.1) is 0 Å². The Morgan fingerprint density at radius 3 is 2.47 bits per heavy atom. The lowest BCUT2D eigenvalue weighted by atomic mass is 9.80. The van der Waals surface area contributed by atoms with E-state index in [2.05, 4.69) is 61.6 Å². The number of ketones is 1. The fourth-order valence-electron chi connectivity index (χ4n) is 6.29. The average molecular weight is 488 g/mol. The van der Waals surface area contributed by atoms with E-state index < -0.39 is 0 Å².